The van der Waals surface area contributed by atoms with Crippen LogP contribution in [-0.4, -0.2) is 19.2 Å². The van der Waals surface area contributed by atoms with Crippen LogP contribution in [0.15, 0.2) is 60.3 Å². The lowest BCUT2D eigenvalue weighted by Gasteiger charge is -2.16. The Hall–Kier alpha value is -2.69. The van der Waals surface area contributed by atoms with E-state index < -0.39 is 0 Å². The summed E-state index contributed by atoms with van der Waals surface area (Å²) in [5, 5.41) is 0. The number of hydrogen-bond donors (Lipinski definition) is 2. The lowest BCUT2D eigenvalue weighted by atomic mass is 9.94. The molecule has 166 valence electrons. The zero-order valence-electron chi connectivity index (χ0n) is 18.2. The molecular weight excluding hydrogens is 388 g/mol. The highest BCUT2D eigenvalue weighted by molar-refractivity contribution is 5.74. The number of carbonyl (C=O) groups excluding carboxylic acids is 1. The lowest BCUT2D eigenvalue weighted by molar-refractivity contribution is -0.149. The number of fused-ring (bicyclic) bond motifs is 2. The zero-order chi connectivity index (χ0) is 21.3. The summed E-state index contributed by atoms with van der Waals surface area (Å²) in [5.41, 5.74) is 8.52. The highest BCUT2D eigenvalue weighted by Gasteiger charge is 2.40. The largest absolute Gasteiger partial charge is 0.494 e. The molecule has 3 atom stereocenters. The maximum absolute atomic E-state index is 12.2. The molecule has 0 heterocycles. The van der Waals surface area contributed by atoms with Gasteiger partial charge in [0.05, 0.1) is 24.8 Å². The molecule has 2 bridgehead atoms. The fraction of sp³-hybridized carbons (Fsp3) is 0.500. The molecule has 31 heavy (non-hydrogen) atoms. The van der Waals surface area contributed by atoms with Crippen molar-refractivity contribution in [3.8, 4) is 5.75 Å². The Kier molecular flexibility index (Phi) is 7.70. The number of hydrogen-bond acceptors (Lipinski definition) is 5. The average molecular weight is 423 g/mol. The predicted octanol–water partition coefficient (Wildman–Crippen LogP) is 5.53. The first-order valence-corrected chi connectivity index (χ1v) is 11.7. The first-order valence-electron chi connectivity index (χ1n) is 11.7. The summed E-state index contributed by atoms with van der Waals surface area (Å²) in [4.78, 5) is 12.2. The Labute approximate surface area is 185 Å². The third-order valence-corrected chi connectivity index (χ3v) is 6.33. The normalized spacial score (nSPS) is 23.5. The van der Waals surface area contributed by atoms with E-state index in [1.807, 2.05) is 24.3 Å². The van der Waals surface area contributed by atoms with E-state index in [4.69, 9.17) is 9.47 Å². The van der Waals surface area contributed by atoms with Gasteiger partial charge in [0.1, 0.15) is 5.75 Å². The quantitative estimate of drug-likeness (QED) is 0.201. The summed E-state index contributed by atoms with van der Waals surface area (Å²) in [7, 11) is 0. The predicted molar refractivity (Wildman–Crippen MR) is 123 cm³/mol. The van der Waals surface area contributed by atoms with E-state index in [1.54, 1.807) is 0 Å². The van der Waals surface area contributed by atoms with Gasteiger partial charge in [-0.25, -0.2) is 0 Å². The molecule has 2 N–H and O–H groups in total. The van der Waals surface area contributed by atoms with E-state index in [0.717, 1.165) is 68.5 Å². The maximum atomic E-state index is 12.2. The first-order chi connectivity index (χ1) is 15.3. The van der Waals surface area contributed by atoms with Crippen molar-refractivity contribution in [2.24, 2.45) is 17.8 Å². The standard InChI is InChI=1S/C26H34N2O3/c29-26(25-19-20-10-11-21(25)18-20)31-17-7-2-1-6-16-30-24-14-12-23(13-15-24)28-27-22-8-4-3-5-9-22/h4,8-15,20-21,25,27-28H,1-3,5-7,16-19H2. The van der Waals surface area contributed by atoms with Gasteiger partial charge in [-0.15, -0.1) is 0 Å². The molecule has 1 saturated carbocycles. The summed E-state index contributed by atoms with van der Waals surface area (Å²) in [5.74, 6) is 2.06. The number of benzene rings is 1. The molecule has 4 rings (SSSR count). The fourth-order valence-corrected chi connectivity index (χ4v) is 4.56. The second-order valence-electron chi connectivity index (χ2n) is 8.73. The second kappa shape index (κ2) is 11.1. The van der Waals surface area contributed by atoms with Crippen molar-refractivity contribution in [3.63, 3.8) is 0 Å². The van der Waals surface area contributed by atoms with Crippen molar-refractivity contribution in [1.29, 1.82) is 0 Å². The molecule has 0 aromatic heterocycles. The molecule has 0 radical (unpaired) electrons. The Balaban J connectivity index is 1.01. The van der Waals surface area contributed by atoms with Crippen LogP contribution < -0.4 is 15.6 Å². The summed E-state index contributed by atoms with van der Waals surface area (Å²) >= 11 is 0. The molecule has 3 aliphatic rings. The topological polar surface area (TPSA) is 59.6 Å². The van der Waals surface area contributed by atoms with Crippen LogP contribution in [0.3, 0.4) is 0 Å². The summed E-state index contributed by atoms with van der Waals surface area (Å²) < 4.78 is 11.3. The number of allylic oxidation sites excluding steroid dienone is 5. The van der Waals surface area contributed by atoms with Gasteiger partial charge in [-0.1, -0.05) is 24.3 Å². The third-order valence-electron chi connectivity index (χ3n) is 6.33. The van der Waals surface area contributed by atoms with Gasteiger partial charge in [-0.3, -0.25) is 4.79 Å². The number of rotatable bonds is 12. The van der Waals surface area contributed by atoms with Crippen molar-refractivity contribution in [2.45, 2.75) is 51.4 Å². The van der Waals surface area contributed by atoms with E-state index in [-0.39, 0.29) is 11.9 Å². The number of anilines is 1. The van der Waals surface area contributed by atoms with Crippen LogP contribution in [0.4, 0.5) is 5.69 Å². The van der Waals surface area contributed by atoms with Gasteiger partial charge >= 0.3 is 5.97 Å². The SMILES string of the molecule is O=C(OCCCCCCOc1ccc(NNC2=CCCC=C2)cc1)C1CC2C=CC1C2. The number of esters is 1. The van der Waals surface area contributed by atoms with E-state index in [0.29, 0.717) is 25.0 Å². The molecule has 5 nitrogen and oxygen atoms in total. The second-order valence-corrected chi connectivity index (χ2v) is 8.73. The maximum Gasteiger partial charge on any atom is 0.309 e. The van der Waals surface area contributed by atoms with E-state index >= 15 is 0 Å². The minimum absolute atomic E-state index is 0.0141. The highest BCUT2D eigenvalue weighted by Crippen LogP contribution is 2.43. The van der Waals surface area contributed by atoms with Gasteiger partial charge in [0.2, 0.25) is 0 Å². The van der Waals surface area contributed by atoms with E-state index in [9.17, 15) is 4.79 Å². The van der Waals surface area contributed by atoms with Crippen LogP contribution in [0.1, 0.15) is 51.4 Å². The number of carbonyl (C=O) groups is 1. The van der Waals surface area contributed by atoms with Crippen molar-refractivity contribution < 1.29 is 14.3 Å². The van der Waals surface area contributed by atoms with Gasteiger partial charge in [0.25, 0.3) is 0 Å². The van der Waals surface area contributed by atoms with Crippen molar-refractivity contribution in [3.05, 3.63) is 60.3 Å². The molecule has 3 aliphatic carbocycles. The molecule has 0 spiro atoms. The summed E-state index contributed by atoms with van der Waals surface area (Å²) in [6.45, 7) is 1.26. The van der Waals surface area contributed by atoms with Gasteiger partial charge < -0.3 is 20.3 Å². The highest BCUT2D eigenvalue weighted by atomic mass is 16.5. The van der Waals surface area contributed by atoms with Crippen LogP contribution in [0.25, 0.3) is 0 Å². The Morgan fingerprint density at radius 3 is 2.48 bits per heavy atom. The Morgan fingerprint density at radius 1 is 0.935 bits per heavy atom. The minimum atomic E-state index is 0.0141. The first kappa shape index (κ1) is 21.5. The Bertz CT molecular complexity index is 812. The molecule has 0 aliphatic heterocycles. The molecule has 0 saturated heterocycles. The van der Waals surface area contributed by atoms with Crippen LogP contribution >= 0.6 is 0 Å². The summed E-state index contributed by atoms with van der Waals surface area (Å²) in [6, 6.07) is 7.99. The van der Waals surface area contributed by atoms with E-state index in [2.05, 4.69) is 41.2 Å². The average Bonchev–Trinajstić information content (AvgIpc) is 3.45. The third kappa shape index (κ3) is 6.39. The van der Waals surface area contributed by atoms with Gasteiger partial charge in [0, 0.05) is 5.70 Å². The number of unbranched alkanes of at least 4 members (excludes halogenated alkanes) is 3. The van der Waals surface area contributed by atoms with Crippen LogP contribution in [0, 0.1) is 17.8 Å². The van der Waals surface area contributed by atoms with Gasteiger partial charge in [-0.05, 0) is 93.5 Å². The number of hydrazine groups is 1. The number of nitrogens with one attached hydrogen (secondary N) is 2. The zero-order valence-corrected chi connectivity index (χ0v) is 18.2. The van der Waals surface area contributed by atoms with Crippen LogP contribution in [0.2, 0.25) is 0 Å². The van der Waals surface area contributed by atoms with Crippen LogP contribution in [0.5, 0.6) is 5.75 Å². The monoisotopic (exact) mass is 422 g/mol. The molecule has 5 heteroatoms. The smallest absolute Gasteiger partial charge is 0.309 e. The number of ether oxygens (including phenoxy) is 2. The van der Waals surface area contributed by atoms with Crippen LogP contribution in [-0.2, 0) is 9.53 Å². The van der Waals surface area contributed by atoms with Crippen molar-refractivity contribution >= 4 is 11.7 Å². The molecular formula is C26H34N2O3. The molecule has 1 aromatic rings. The lowest BCUT2D eigenvalue weighted by Crippen LogP contribution is -2.22. The Morgan fingerprint density at radius 2 is 1.77 bits per heavy atom. The minimum Gasteiger partial charge on any atom is -0.494 e. The van der Waals surface area contributed by atoms with Gasteiger partial charge in [-0.2, -0.15) is 0 Å². The molecule has 3 unspecified atom stereocenters. The molecule has 1 aromatic carbocycles. The molecule has 0 amide bonds. The van der Waals surface area contributed by atoms with Crippen molar-refractivity contribution in [1.82, 2.24) is 5.43 Å². The summed E-state index contributed by atoms with van der Waals surface area (Å²) in [6.07, 6.45) is 19.3. The molecule has 1 fully saturated rings. The fourth-order valence-electron chi connectivity index (χ4n) is 4.56. The van der Waals surface area contributed by atoms with E-state index in [1.165, 1.54) is 0 Å². The van der Waals surface area contributed by atoms with Gasteiger partial charge in [0.15, 0.2) is 0 Å². The van der Waals surface area contributed by atoms with Crippen molar-refractivity contribution in [2.75, 3.05) is 18.6 Å².